The van der Waals surface area contributed by atoms with Crippen molar-refractivity contribution < 1.29 is 22.7 Å². The number of hydrogen-bond acceptors (Lipinski definition) is 4. The lowest BCUT2D eigenvalue weighted by molar-refractivity contribution is -0.137. The van der Waals surface area contributed by atoms with Gasteiger partial charge in [0.1, 0.15) is 5.00 Å². The Labute approximate surface area is 167 Å². The van der Waals surface area contributed by atoms with E-state index in [0.717, 1.165) is 47.9 Å². The van der Waals surface area contributed by atoms with E-state index >= 15 is 0 Å². The molecule has 2 aromatic rings. The van der Waals surface area contributed by atoms with Gasteiger partial charge in [0, 0.05) is 4.88 Å². The number of carbonyl (C=O) groups excluding carboxylic acids is 1. The highest BCUT2D eigenvalue weighted by atomic mass is 35.5. The van der Waals surface area contributed by atoms with Gasteiger partial charge in [0.25, 0.3) is 0 Å². The van der Waals surface area contributed by atoms with Gasteiger partial charge in [-0.2, -0.15) is 13.2 Å². The predicted octanol–water partition coefficient (Wildman–Crippen LogP) is 5.50. The molecule has 0 aliphatic heterocycles. The summed E-state index contributed by atoms with van der Waals surface area (Å²) >= 11 is 12.6. The monoisotopic (exact) mass is 434 g/mol. The fraction of sp³-hybridized carbons (Fsp3) is 0.294. The highest BCUT2D eigenvalue weighted by molar-refractivity contribution is 7.80. The molecule has 0 bridgehead atoms. The smallest absolute Gasteiger partial charge is 0.416 e. The van der Waals surface area contributed by atoms with Crippen molar-refractivity contribution in [1.82, 2.24) is 0 Å². The number of methoxy groups -OCH3 is 1. The van der Waals surface area contributed by atoms with Gasteiger partial charge in [0.15, 0.2) is 5.11 Å². The average Bonchev–Trinajstić information content (AvgIpc) is 3.15. The second kappa shape index (κ2) is 7.65. The number of hydrogen-bond donors (Lipinski definition) is 2. The molecule has 1 aliphatic rings. The number of thiophene rings is 1. The Hall–Kier alpha value is -1.84. The summed E-state index contributed by atoms with van der Waals surface area (Å²) in [5, 5.41) is 6.18. The summed E-state index contributed by atoms with van der Waals surface area (Å²) in [6.45, 7) is 0. The Balaban J connectivity index is 1.83. The molecular formula is C17H14ClF3N2O2S2. The molecule has 144 valence electrons. The van der Waals surface area contributed by atoms with E-state index in [1.54, 1.807) is 0 Å². The molecule has 0 atom stereocenters. The number of ether oxygens (including phenoxy) is 1. The van der Waals surface area contributed by atoms with Gasteiger partial charge in [-0.1, -0.05) is 11.6 Å². The summed E-state index contributed by atoms with van der Waals surface area (Å²) in [6.07, 6.45) is -1.89. The van der Waals surface area contributed by atoms with Crippen LogP contribution in [0.3, 0.4) is 0 Å². The number of anilines is 2. The molecular weight excluding hydrogens is 421 g/mol. The third-order valence-electron chi connectivity index (χ3n) is 4.08. The molecule has 3 rings (SSSR count). The number of benzene rings is 1. The van der Waals surface area contributed by atoms with Crippen LogP contribution in [0.25, 0.3) is 0 Å². The molecule has 27 heavy (non-hydrogen) atoms. The van der Waals surface area contributed by atoms with E-state index in [2.05, 4.69) is 10.6 Å². The summed E-state index contributed by atoms with van der Waals surface area (Å²) in [6, 6.07) is 2.92. The minimum absolute atomic E-state index is 0.0210. The van der Waals surface area contributed by atoms with Crippen molar-refractivity contribution in [3.05, 3.63) is 44.8 Å². The Bertz CT molecular complexity index is 912. The van der Waals surface area contributed by atoms with Crippen LogP contribution in [0.1, 0.15) is 32.8 Å². The maximum absolute atomic E-state index is 12.9. The van der Waals surface area contributed by atoms with Crippen molar-refractivity contribution in [2.24, 2.45) is 0 Å². The molecule has 1 aromatic carbocycles. The van der Waals surface area contributed by atoms with Crippen molar-refractivity contribution in [1.29, 1.82) is 0 Å². The molecule has 0 spiro atoms. The summed E-state index contributed by atoms with van der Waals surface area (Å²) in [4.78, 5) is 13.2. The fourth-order valence-corrected chi connectivity index (χ4v) is 4.59. The number of alkyl halides is 3. The number of halogens is 4. The predicted molar refractivity (Wildman–Crippen MR) is 104 cm³/mol. The van der Waals surface area contributed by atoms with Crippen LogP contribution in [0, 0.1) is 0 Å². The molecule has 2 N–H and O–H groups in total. The maximum Gasteiger partial charge on any atom is 0.416 e. The van der Waals surface area contributed by atoms with E-state index in [9.17, 15) is 18.0 Å². The minimum Gasteiger partial charge on any atom is -0.465 e. The Morgan fingerprint density at radius 3 is 2.70 bits per heavy atom. The number of rotatable bonds is 3. The largest absolute Gasteiger partial charge is 0.465 e. The van der Waals surface area contributed by atoms with Crippen LogP contribution >= 0.6 is 35.2 Å². The first-order valence-electron chi connectivity index (χ1n) is 7.88. The summed E-state index contributed by atoms with van der Waals surface area (Å²) in [5.74, 6) is -0.475. The fourth-order valence-electron chi connectivity index (χ4n) is 2.86. The lowest BCUT2D eigenvalue weighted by Crippen LogP contribution is -2.21. The molecule has 0 amide bonds. The Morgan fingerprint density at radius 2 is 2.04 bits per heavy atom. The normalized spacial score (nSPS) is 13.2. The first-order valence-corrected chi connectivity index (χ1v) is 9.48. The molecule has 1 aliphatic carbocycles. The molecule has 0 radical (unpaired) electrons. The van der Waals surface area contributed by atoms with E-state index < -0.39 is 17.7 Å². The van der Waals surface area contributed by atoms with Gasteiger partial charge in [-0.05, 0) is 55.2 Å². The van der Waals surface area contributed by atoms with E-state index in [1.165, 1.54) is 18.4 Å². The quantitative estimate of drug-likeness (QED) is 0.493. The average molecular weight is 435 g/mol. The van der Waals surface area contributed by atoms with E-state index in [0.29, 0.717) is 10.6 Å². The summed E-state index contributed by atoms with van der Waals surface area (Å²) in [5.41, 5.74) is 0.541. The van der Waals surface area contributed by atoms with Gasteiger partial charge in [0.2, 0.25) is 0 Å². The maximum atomic E-state index is 12.9. The molecule has 1 heterocycles. The molecule has 0 fully saturated rings. The van der Waals surface area contributed by atoms with Crippen LogP contribution in [-0.2, 0) is 23.8 Å². The topological polar surface area (TPSA) is 50.4 Å². The van der Waals surface area contributed by atoms with Gasteiger partial charge >= 0.3 is 12.1 Å². The lowest BCUT2D eigenvalue weighted by Gasteiger charge is -2.14. The van der Waals surface area contributed by atoms with Crippen LogP contribution in [-0.4, -0.2) is 18.2 Å². The van der Waals surface area contributed by atoms with E-state index in [4.69, 9.17) is 28.6 Å². The van der Waals surface area contributed by atoms with Crippen molar-refractivity contribution in [2.75, 3.05) is 17.7 Å². The molecule has 4 nitrogen and oxygen atoms in total. The zero-order chi connectivity index (χ0) is 19.8. The number of esters is 1. The van der Waals surface area contributed by atoms with Crippen molar-refractivity contribution >= 4 is 56.9 Å². The lowest BCUT2D eigenvalue weighted by atomic mass is 10.1. The number of fused-ring (bicyclic) bond motifs is 1. The Kier molecular flexibility index (Phi) is 5.64. The van der Waals surface area contributed by atoms with Crippen LogP contribution in [0.15, 0.2) is 18.2 Å². The van der Waals surface area contributed by atoms with E-state index in [-0.39, 0.29) is 15.8 Å². The first-order chi connectivity index (χ1) is 12.7. The first kappa shape index (κ1) is 19.9. The summed E-state index contributed by atoms with van der Waals surface area (Å²) in [7, 11) is 1.30. The zero-order valence-electron chi connectivity index (χ0n) is 14.0. The third-order valence-corrected chi connectivity index (χ3v) is 5.82. The summed E-state index contributed by atoms with van der Waals surface area (Å²) < 4.78 is 43.5. The SMILES string of the molecule is COC(=O)c1c(NC(=S)Nc2cc(C(F)(F)F)ccc2Cl)sc2c1CCC2. The second-order valence-corrected chi connectivity index (χ2v) is 7.75. The number of thiocarbonyl (C=S) groups is 1. The standard InChI is InChI=1S/C17H14ClF3N2O2S2/c1-25-15(24)13-9-3-2-4-12(9)27-14(13)23-16(26)22-11-7-8(17(19,20)21)5-6-10(11)18/h5-7H,2-4H2,1H3,(H2,22,23,26). The highest BCUT2D eigenvalue weighted by Crippen LogP contribution is 2.40. The van der Waals surface area contributed by atoms with Crippen LogP contribution in [0.2, 0.25) is 5.02 Å². The van der Waals surface area contributed by atoms with Crippen molar-refractivity contribution in [3.8, 4) is 0 Å². The second-order valence-electron chi connectivity index (χ2n) is 5.82. The van der Waals surface area contributed by atoms with Crippen LogP contribution in [0.4, 0.5) is 23.9 Å². The van der Waals surface area contributed by atoms with Gasteiger partial charge < -0.3 is 15.4 Å². The zero-order valence-corrected chi connectivity index (χ0v) is 16.4. The minimum atomic E-state index is -4.50. The third kappa shape index (κ3) is 4.20. The van der Waals surface area contributed by atoms with Crippen LogP contribution in [0.5, 0.6) is 0 Å². The van der Waals surface area contributed by atoms with Gasteiger partial charge in [0.05, 0.1) is 28.9 Å². The molecule has 1 aromatic heterocycles. The van der Waals surface area contributed by atoms with Gasteiger partial charge in [-0.15, -0.1) is 11.3 Å². The molecule has 0 saturated heterocycles. The number of nitrogens with one attached hydrogen (secondary N) is 2. The van der Waals surface area contributed by atoms with E-state index in [1.807, 2.05) is 0 Å². The van der Waals surface area contributed by atoms with Gasteiger partial charge in [-0.3, -0.25) is 0 Å². The number of carbonyl (C=O) groups is 1. The highest BCUT2D eigenvalue weighted by Gasteiger charge is 2.31. The number of aryl methyl sites for hydroxylation is 1. The van der Waals surface area contributed by atoms with Crippen molar-refractivity contribution in [3.63, 3.8) is 0 Å². The molecule has 10 heteroatoms. The van der Waals surface area contributed by atoms with Gasteiger partial charge in [-0.25, -0.2) is 4.79 Å². The Morgan fingerprint density at radius 1 is 1.30 bits per heavy atom. The molecule has 0 saturated carbocycles. The molecule has 0 unspecified atom stereocenters. The van der Waals surface area contributed by atoms with Crippen molar-refractivity contribution in [2.45, 2.75) is 25.4 Å². The van der Waals surface area contributed by atoms with Crippen LogP contribution < -0.4 is 10.6 Å².